The number of nitrogens with zero attached hydrogens (tertiary/aromatic N) is 1. The van der Waals surface area contributed by atoms with Crippen molar-refractivity contribution in [1.82, 2.24) is 0 Å². The highest BCUT2D eigenvalue weighted by Crippen LogP contribution is 2.67. The molecule has 2 N–H and O–H groups in total. The topological polar surface area (TPSA) is 62.2 Å². The van der Waals surface area contributed by atoms with Gasteiger partial charge >= 0.3 is 0 Å². The van der Waals surface area contributed by atoms with Crippen molar-refractivity contribution in [3.05, 3.63) is 35.4 Å². The van der Waals surface area contributed by atoms with Crippen molar-refractivity contribution in [2.75, 3.05) is 32.2 Å². The van der Waals surface area contributed by atoms with Gasteiger partial charge in [0, 0.05) is 44.0 Å². The van der Waals surface area contributed by atoms with Crippen LogP contribution in [0.3, 0.4) is 0 Å². The van der Waals surface area contributed by atoms with Gasteiger partial charge in [0.25, 0.3) is 0 Å². The van der Waals surface area contributed by atoms with Gasteiger partial charge < -0.3 is 24.6 Å². The fourth-order valence-corrected chi connectivity index (χ4v) is 8.74. The molecule has 0 radical (unpaired) electrons. The largest absolute Gasteiger partial charge is 0.389 e. The number of hydrogen-bond acceptors (Lipinski definition) is 5. The lowest BCUT2D eigenvalue weighted by Crippen LogP contribution is -2.58. The van der Waals surface area contributed by atoms with Gasteiger partial charge in [-0.05, 0) is 80.6 Å². The number of anilines is 1. The van der Waals surface area contributed by atoms with E-state index < -0.39 is 17.0 Å². The van der Waals surface area contributed by atoms with Crippen molar-refractivity contribution in [1.29, 1.82) is 0 Å². The number of aliphatic hydroxyl groups is 2. The van der Waals surface area contributed by atoms with E-state index in [2.05, 4.69) is 62.0 Å². The molecule has 36 heavy (non-hydrogen) atoms. The van der Waals surface area contributed by atoms with Crippen LogP contribution >= 0.6 is 0 Å². The first kappa shape index (κ1) is 24.5. The molecule has 1 spiro atoms. The Morgan fingerprint density at radius 1 is 0.972 bits per heavy atom. The molecular formula is C31H41NO4. The molecular weight excluding hydrogens is 450 g/mol. The van der Waals surface area contributed by atoms with Gasteiger partial charge in [-0.15, -0.1) is 5.92 Å². The van der Waals surface area contributed by atoms with Gasteiger partial charge in [0.1, 0.15) is 5.60 Å². The van der Waals surface area contributed by atoms with Crippen molar-refractivity contribution in [3.63, 3.8) is 0 Å². The first-order valence-electron chi connectivity index (χ1n) is 13.8. The molecule has 1 aromatic rings. The minimum Gasteiger partial charge on any atom is -0.389 e. The number of fused-ring (bicyclic) bond motifs is 5. The summed E-state index contributed by atoms with van der Waals surface area (Å²) < 4.78 is 12.1. The number of allylic oxidation sites excluding steroid dienone is 1. The lowest BCUT2D eigenvalue weighted by Gasteiger charge is -2.58. The number of benzene rings is 1. The fraction of sp³-hybridized carbons (Fsp3) is 0.677. The summed E-state index contributed by atoms with van der Waals surface area (Å²) in [5.41, 5.74) is 3.09. The quantitative estimate of drug-likeness (QED) is 0.584. The van der Waals surface area contributed by atoms with Crippen LogP contribution in [0.15, 0.2) is 29.8 Å². The SMILES string of the molecule is CC#C[C@]1(O)CC[C@H]2[C@@H]3CC[C@@]4(O)CC5(CC[C@@H]4C3=C(c3ccc(N(C)C)cc3)C[C@@]21C)OCCO5. The molecule has 0 aromatic heterocycles. The minimum absolute atomic E-state index is 0.105. The fourth-order valence-electron chi connectivity index (χ4n) is 8.74. The molecule has 4 fully saturated rings. The molecule has 1 heterocycles. The number of rotatable bonds is 2. The Kier molecular flexibility index (Phi) is 5.67. The first-order valence-corrected chi connectivity index (χ1v) is 13.8. The maximum Gasteiger partial charge on any atom is 0.171 e. The second-order valence-corrected chi connectivity index (χ2v) is 12.5. The van der Waals surface area contributed by atoms with Crippen LogP contribution in [0.4, 0.5) is 5.69 Å². The zero-order valence-corrected chi connectivity index (χ0v) is 22.3. The second kappa shape index (κ2) is 8.33. The van der Waals surface area contributed by atoms with Gasteiger partial charge in [0.15, 0.2) is 5.79 Å². The predicted molar refractivity (Wildman–Crippen MR) is 141 cm³/mol. The Morgan fingerprint density at radius 2 is 1.69 bits per heavy atom. The van der Waals surface area contributed by atoms with Crippen LogP contribution in [0.25, 0.3) is 5.57 Å². The third-order valence-electron chi connectivity index (χ3n) is 10.5. The van der Waals surface area contributed by atoms with E-state index in [1.807, 2.05) is 6.92 Å². The van der Waals surface area contributed by atoms with Gasteiger partial charge in [-0.3, -0.25) is 0 Å². The molecule has 0 amide bonds. The summed E-state index contributed by atoms with van der Waals surface area (Å²) in [6, 6.07) is 8.84. The highest BCUT2D eigenvalue weighted by atomic mass is 16.7. The minimum atomic E-state index is -0.970. The number of hydrogen-bond donors (Lipinski definition) is 2. The summed E-state index contributed by atoms with van der Waals surface area (Å²) in [6.07, 6.45) is 6.47. The summed E-state index contributed by atoms with van der Waals surface area (Å²) in [4.78, 5) is 2.12. The molecule has 1 aliphatic heterocycles. The Morgan fingerprint density at radius 3 is 2.36 bits per heavy atom. The average molecular weight is 492 g/mol. The molecule has 194 valence electrons. The van der Waals surface area contributed by atoms with Crippen molar-refractivity contribution < 1.29 is 19.7 Å². The highest BCUT2D eigenvalue weighted by molar-refractivity contribution is 5.74. The lowest BCUT2D eigenvalue weighted by atomic mass is 9.49. The second-order valence-electron chi connectivity index (χ2n) is 12.5. The zero-order valence-electron chi connectivity index (χ0n) is 22.3. The summed E-state index contributed by atoms with van der Waals surface area (Å²) >= 11 is 0. The van der Waals surface area contributed by atoms with Gasteiger partial charge in [-0.25, -0.2) is 0 Å². The molecule has 0 unspecified atom stereocenters. The van der Waals surface area contributed by atoms with Crippen LogP contribution in [0.2, 0.25) is 0 Å². The normalized spacial score (nSPS) is 40.8. The molecule has 4 aliphatic carbocycles. The third kappa shape index (κ3) is 3.45. The van der Waals surface area contributed by atoms with Crippen LogP contribution in [-0.2, 0) is 9.47 Å². The molecule has 6 atom stereocenters. The van der Waals surface area contributed by atoms with E-state index in [4.69, 9.17) is 9.47 Å². The van der Waals surface area contributed by atoms with Crippen LogP contribution < -0.4 is 4.90 Å². The summed E-state index contributed by atoms with van der Waals surface area (Å²) in [7, 11) is 4.13. The Labute approximate surface area is 215 Å². The van der Waals surface area contributed by atoms with Crippen LogP contribution in [-0.4, -0.2) is 54.5 Å². The molecule has 5 heteroatoms. The van der Waals surface area contributed by atoms with Crippen LogP contribution in [0.1, 0.15) is 70.8 Å². The van der Waals surface area contributed by atoms with E-state index >= 15 is 0 Å². The lowest BCUT2D eigenvalue weighted by molar-refractivity contribution is -0.235. The smallest absolute Gasteiger partial charge is 0.171 e. The van der Waals surface area contributed by atoms with Crippen molar-refractivity contribution in [2.45, 2.75) is 82.2 Å². The average Bonchev–Trinajstić information content (AvgIpc) is 3.40. The summed E-state index contributed by atoms with van der Waals surface area (Å²) in [6.45, 7) is 5.35. The van der Waals surface area contributed by atoms with Crippen molar-refractivity contribution in [3.8, 4) is 11.8 Å². The van der Waals surface area contributed by atoms with Crippen LogP contribution in [0.5, 0.6) is 0 Å². The molecule has 5 aliphatic rings. The van der Waals surface area contributed by atoms with E-state index in [9.17, 15) is 10.2 Å². The van der Waals surface area contributed by atoms with E-state index in [0.29, 0.717) is 31.5 Å². The van der Waals surface area contributed by atoms with E-state index in [1.165, 1.54) is 22.4 Å². The first-order chi connectivity index (χ1) is 17.1. The monoisotopic (exact) mass is 491 g/mol. The standard InChI is InChI=1S/C31H41NO4/c1-5-13-30(34)15-11-25-23-10-14-29(33)20-31(35-17-18-36-31)16-12-26(29)27(23)24(19-28(25,30)2)21-6-8-22(9-7-21)32(3)4/h6-9,23,25-26,33-34H,10-12,14-20H2,1-4H3/t23-,25-,26+,28-,29+,30-/m0/s1. The van der Waals surface area contributed by atoms with Crippen molar-refractivity contribution >= 4 is 11.3 Å². The number of ether oxygens (including phenoxy) is 2. The van der Waals surface area contributed by atoms with Crippen molar-refractivity contribution in [2.24, 2.45) is 23.2 Å². The van der Waals surface area contributed by atoms with Gasteiger partial charge in [-0.2, -0.15) is 0 Å². The molecule has 5 nitrogen and oxygen atoms in total. The predicted octanol–water partition coefficient (Wildman–Crippen LogP) is 4.76. The maximum atomic E-state index is 12.2. The van der Waals surface area contributed by atoms with Gasteiger partial charge in [-0.1, -0.05) is 30.6 Å². The van der Waals surface area contributed by atoms with Crippen LogP contribution in [0, 0.1) is 35.0 Å². The van der Waals surface area contributed by atoms with E-state index in [0.717, 1.165) is 44.9 Å². The molecule has 0 bridgehead atoms. The molecule has 3 saturated carbocycles. The zero-order chi connectivity index (χ0) is 25.3. The molecule has 6 rings (SSSR count). The van der Waals surface area contributed by atoms with E-state index in [1.54, 1.807) is 0 Å². The Hall–Kier alpha value is -1.84. The summed E-state index contributed by atoms with van der Waals surface area (Å²) in [5, 5.41) is 24.0. The highest BCUT2D eigenvalue weighted by Gasteiger charge is 2.64. The maximum absolute atomic E-state index is 12.2. The van der Waals surface area contributed by atoms with Gasteiger partial charge in [0.2, 0.25) is 0 Å². The Bertz CT molecular complexity index is 1120. The molecule has 1 saturated heterocycles. The van der Waals surface area contributed by atoms with E-state index in [-0.39, 0.29) is 11.3 Å². The third-order valence-corrected chi connectivity index (χ3v) is 10.5. The molecule has 1 aromatic carbocycles. The van der Waals surface area contributed by atoms with Gasteiger partial charge in [0.05, 0.1) is 18.8 Å². The summed E-state index contributed by atoms with van der Waals surface area (Å²) in [5.74, 6) is 6.52. The Balaban J connectivity index is 1.48.